The van der Waals surface area contributed by atoms with Crippen LogP contribution >= 0.6 is 11.6 Å². The topological polar surface area (TPSA) is 43.8 Å². The molecular weight excluding hydrogens is 282 g/mol. The SMILES string of the molecule is Nc1ccccc1Cc1nc2cc(Cl)ccc2n1C1CC1. The van der Waals surface area contributed by atoms with Gasteiger partial charge in [-0.05, 0) is 42.7 Å². The molecule has 0 saturated heterocycles. The summed E-state index contributed by atoms with van der Waals surface area (Å²) in [5.41, 5.74) is 10.2. The highest BCUT2D eigenvalue weighted by Crippen LogP contribution is 2.39. The van der Waals surface area contributed by atoms with Crippen LogP contribution in [0.5, 0.6) is 0 Å². The van der Waals surface area contributed by atoms with E-state index in [0.29, 0.717) is 6.04 Å². The van der Waals surface area contributed by atoms with E-state index in [4.69, 9.17) is 22.3 Å². The number of imidazole rings is 1. The van der Waals surface area contributed by atoms with Crippen molar-refractivity contribution < 1.29 is 0 Å². The quantitative estimate of drug-likeness (QED) is 0.736. The molecule has 1 heterocycles. The molecule has 1 aliphatic carbocycles. The lowest BCUT2D eigenvalue weighted by Crippen LogP contribution is -2.04. The van der Waals surface area contributed by atoms with Crippen LogP contribution in [0.4, 0.5) is 5.69 Å². The number of nitrogens with zero attached hydrogens (tertiary/aromatic N) is 2. The van der Waals surface area contributed by atoms with Gasteiger partial charge < -0.3 is 10.3 Å². The molecule has 2 aromatic carbocycles. The molecule has 1 aliphatic rings. The molecule has 3 nitrogen and oxygen atoms in total. The Kier molecular flexibility index (Phi) is 2.89. The van der Waals surface area contributed by atoms with Gasteiger partial charge in [-0.15, -0.1) is 0 Å². The lowest BCUT2D eigenvalue weighted by Gasteiger charge is -2.09. The van der Waals surface area contributed by atoms with Gasteiger partial charge in [-0.2, -0.15) is 0 Å². The van der Waals surface area contributed by atoms with Crippen molar-refractivity contribution in [3.63, 3.8) is 0 Å². The summed E-state index contributed by atoms with van der Waals surface area (Å²) < 4.78 is 2.36. The Bertz CT molecular complexity index is 818. The van der Waals surface area contributed by atoms with Gasteiger partial charge in [0.15, 0.2) is 0 Å². The van der Waals surface area contributed by atoms with E-state index in [-0.39, 0.29) is 0 Å². The van der Waals surface area contributed by atoms with Crippen LogP contribution in [0.3, 0.4) is 0 Å². The number of fused-ring (bicyclic) bond motifs is 1. The molecule has 21 heavy (non-hydrogen) atoms. The van der Waals surface area contributed by atoms with Gasteiger partial charge in [0.05, 0.1) is 11.0 Å². The zero-order chi connectivity index (χ0) is 14.4. The third-order valence-corrected chi connectivity index (χ3v) is 4.28. The van der Waals surface area contributed by atoms with E-state index < -0.39 is 0 Å². The highest BCUT2D eigenvalue weighted by atomic mass is 35.5. The van der Waals surface area contributed by atoms with E-state index in [9.17, 15) is 0 Å². The highest BCUT2D eigenvalue weighted by molar-refractivity contribution is 6.31. The first-order chi connectivity index (χ1) is 10.2. The largest absolute Gasteiger partial charge is 0.398 e. The molecule has 1 saturated carbocycles. The number of nitrogens with two attached hydrogens (primary N) is 1. The molecular formula is C17H16ClN3. The predicted molar refractivity (Wildman–Crippen MR) is 86.7 cm³/mol. The third-order valence-electron chi connectivity index (χ3n) is 4.04. The number of rotatable bonds is 3. The number of aromatic nitrogens is 2. The maximum atomic E-state index is 6.09. The lowest BCUT2D eigenvalue weighted by molar-refractivity contribution is 0.716. The van der Waals surface area contributed by atoms with E-state index >= 15 is 0 Å². The first kappa shape index (κ1) is 12.7. The molecule has 0 unspecified atom stereocenters. The minimum absolute atomic E-state index is 0.580. The van der Waals surface area contributed by atoms with Gasteiger partial charge in [-0.25, -0.2) is 4.98 Å². The van der Waals surface area contributed by atoms with Gasteiger partial charge in [0.1, 0.15) is 5.82 Å². The first-order valence-electron chi connectivity index (χ1n) is 7.22. The van der Waals surface area contributed by atoms with Crippen LogP contribution in [0.1, 0.15) is 30.3 Å². The van der Waals surface area contributed by atoms with Crippen LogP contribution in [0.15, 0.2) is 42.5 Å². The number of hydrogen-bond acceptors (Lipinski definition) is 2. The second kappa shape index (κ2) is 4.78. The van der Waals surface area contributed by atoms with Crippen molar-refractivity contribution >= 4 is 28.3 Å². The van der Waals surface area contributed by atoms with Crippen LogP contribution in [-0.2, 0) is 6.42 Å². The monoisotopic (exact) mass is 297 g/mol. The number of anilines is 1. The zero-order valence-corrected chi connectivity index (χ0v) is 12.3. The van der Waals surface area contributed by atoms with E-state index in [0.717, 1.165) is 34.0 Å². The number of nitrogen functional groups attached to an aromatic ring is 1. The molecule has 0 spiro atoms. The molecule has 0 radical (unpaired) electrons. The van der Waals surface area contributed by atoms with Crippen molar-refractivity contribution in [3.05, 3.63) is 58.9 Å². The smallest absolute Gasteiger partial charge is 0.114 e. The van der Waals surface area contributed by atoms with Gasteiger partial charge >= 0.3 is 0 Å². The molecule has 0 aliphatic heterocycles. The molecule has 4 heteroatoms. The Balaban J connectivity index is 1.84. The molecule has 0 amide bonds. The summed E-state index contributed by atoms with van der Waals surface area (Å²) in [4.78, 5) is 4.79. The van der Waals surface area contributed by atoms with Crippen molar-refractivity contribution in [1.29, 1.82) is 0 Å². The van der Waals surface area contributed by atoms with E-state index in [1.54, 1.807) is 0 Å². The van der Waals surface area contributed by atoms with Crippen molar-refractivity contribution in [3.8, 4) is 0 Å². The van der Waals surface area contributed by atoms with E-state index in [1.165, 1.54) is 18.4 Å². The van der Waals surface area contributed by atoms with E-state index in [1.807, 2.05) is 30.3 Å². The second-order valence-electron chi connectivity index (χ2n) is 5.64. The molecule has 106 valence electrons. The van der Waals surface area contributed by atoms with Crippen LogP contribution in [-0.4, -0.2) is 9.55 Å². The molecule has 1 fully saturated rings. The minimum Gasteiger partial charge on any atom is -0.398 e. The summed E-state index contributed by atoms with van der Waals surface area (Å²) in [6, 6.07) is 14.5. The fourth-order valence-corrected chi connectivity index (χ4v) is 3.02. The van der Waals surface area contributed by atoms with Crippen molar-refractivity contribution in [1.82, 2.24) is 9.55 Å². The highest BCUT2D eigenvalue weighted by Gasteiger charge is 2.28. The predicted octanol–water partition coefficient (Wildman–Crippen LogP) is 4.20. The number of hydrogen-bond donors (Lipinski definition) is 1. The van der Waals surface area contributed by atoms with Crippen molar-refractivity contribution in [2.24, 2.45) is 0 Å². The van der Waals surface area contributed by atoms with E-state index in [2.05, 4.69) is 16.7 Å². The maximum Gasteiger partial charge on any atom is 0.114 e. The second-order valence-corrected chi connectivity index (χ2v) is 6.07. The van der Waals surface area contributed by atoms with Crippen LogP contribution < -0.4 is 5.73 Å². The van der Waals surface area contributed by atoms with Gasteiger partial charge in [0.25, 0.3) is 0 Å². The summed E-state index contributed by atoms with van der Waals surface area (Å²) in [6.07, 6.45) is 3.21. The fourth-order valence-electron chi connectivity index (χ4n) is 2.85. The Hall–Kier alpha value is -2.00. The van der Waals surface area contributed by atoms with Gasteiger partial charge in [-0.3, -0.25) is 0 Å². The Morgan fingerprint density at radius 1 is 1.19 bits per heavy atom. The minimum atomic E-state index is 0.580. The Morgan fingerprint density at radius 2 is 2.00 bits per heavy atom. The van der Waals surface area contributed by atoms with Crippen LogP contribution in [0.2, 0.25) is 5.02 Å². The number of halogens is 1. The third kappa shape index (κ3) is 2.28. The average molecular weight is 298 g/mol. The number of benzene rings is 2. The molecule has 2 N–H and O–H groups in total. The van der Waals surface area contributed by atoms with Gasteiger partial charge in [-0.1, -0.05) is 29.8 Å². The molecule has 0 bridgehead atoms. The van der Waals surface area contributed by atoms with Crippen molar-refractivity contribution in [2.45, 2.75) is 25.3 Å². The molecule has 0 atom stereocenters. The summed E-state index contributed by atoms with van der Waals surface area (Å²) >= 11 is 6.09. The Labute approximate surface area is 128 Å². The lowest BCUT2D eigenvalue weighted by atomic mass is 10.1. The normalized spacial score (nSPS) is 14.7. The molecule has 3 aromatic rings. The number of para-hydroxylation sites is 1. The van der Waals surface area contributed by atoms with Crippen LogP contribution in [0.25, 0.3) is 11.0 Å². The van der Waals surface area contributed by atoms with Crippen molar-refractivity contribution in [2.75, 3.05) is 5.73 Å². The van der Waals surface area contributed by atoms with Gasteiger partial charge in [0, 0.05) is 23.2 Å². The average Bonchev–Trinajstić information content (AvgIpc) is 3.23. The maximum absolute atomic E-state index is 6.09. The summed E-state index contributed by atoms with van der Waals surface area (Å²) in [5.74, 6) is 1.08. The molecule has 4 rings (SSSR count). The standard InChI is InChI=1S/C17H16ClN3/c18-12-5-8-16-15(10-12)20-17(21(16)13-6-7-13)9-11-3-1-2-4-14(11)19/h1-5,8,10,13H,6-7,9,19H2. The first-order valence-corrected chi connectivity index (χ1v) is 7.60. The fraction of sp³-hybridized carbons (Fsp3) is 0.235. The van der Waals surface area contributed by atoms with Gasteiger partial charge in [0.2, 0.25) is 0 Å². The summed E-state index contributed by atoms with van der Waals surface area (Å²) in [7, 11) is 0. The zero-order valence-electron chi connectivity index (χ0n) is 11.6. The summed E-state index contributed by atoms with van der Waals surface area (Å²) in [5, 5.41) is 0.730. The van der Waals surface area contributed by atoms with Crippen LogP contribution in [0, 0.1) is 0 Å². The summed E-state index contributed by atoms with van der Waals surface area (Å²) in [6.45, 7) is 0. The Morgan fingerprint density at radius 3 is 2.76 bits per heavy atom. The molecule has 1 aromatic heterocycles.